The Balaban J connectivity index is 0.00000176. The van der Waals surface area contributed by atoms with Crippen LogP contribution >= 0.6 is 12.4 Å². The minimum atomic E-state index is -0.144. The van der Waals surface area contributed by atoms with Crippen LogP contribution in [0.1, 0.15) is 27.9 Å². The second-order valence-corrected chi connectivity index (χ2v) is 4.96. The number of carbonyl (C=O) groups excluding carboxylic acids is 2. The third-order valence-corrected chi connectivity index (χ3v) is 3.44. The zero-order valence-corrected chi connectivity index (χ0v) is 12.7. The van der Waals surface area contributed by atoms with Crippen LogP contribution in [-0.2, 0) is 17.8 Å². The van der Waals surface area contributed by atoms with E-state index < -0.39 is 0 Å². The first kappa shape index (κ1) is 16.0. The summed E-state index contributed by atoms with van der Waals surface area (Å²) < 4.78 is 0. The molecule has 0 unspecified atom stereocenters. The van der Waals surface area contributed by atoms with E-state index in [0.717, 1.165) is 23.2 Å². The lowest BCUT2D eigenvalue weighted by molar-refractivity contribution is -0.116. The maximum absolute atomic E-state index is 11.9. The van der Waals surface area contributed by atoms with Gasteiger partial charge >= 0.3 is 0 Å². The molecule has 1 aliphatic heterocycles. The first-order valence-corrected chi connectivity index (χ1v) is 6.82. The minimum Gasteiger partial charge on any atom is -0.348 e. The topological polar surface area (TPSA) is 71.1 Å². The number of aryl methyl sites for hydroxylation is 1. The molecule has 1 aromatic carbocycles. The van der Waals surface area contributed by atoms with Gasteiger partial charge in [0.15, 0.2) is 0 Å². The summed E-state index contributed by atoms with van der Waals surface area (Å²) in [5, 5.41) is 5.71. The lowest BCUT2D eigenvalue weighted by Crippen LogP contribution is -2.23. The fourth-order valence-corrected chi connectivity index (χ4v) is 2.33. The van der Waals surface area contributed by atoms with E-state index in [0.29, 0.717) is 18.5 Å². The highest BCUT2D eigenvalue weighted by atomic mass is 35.5. The Hall–Kier alpha value is -2.40. The molecule has 0 radical (unpaired) electrons. The van der Waals surface area contributed by atoms with Crippen LogP contribution in [-0.4, -0.2) is 16.8 Å². The van der Waals surface area contributed by atoms with Crippen molar-refractivity contribution in [2.75, 3.05) is 5.32 Å². The molecule has 6 heteroatoms. The van der Waals surface area contributed by atoms with Crippen LogP contribution in [0, 0.1) is 0 Å². The average molecular weight is 318 g/mol. The van der Waals surface area contributed by atoms with Crippen LogP contribution < -0.4 is 10.6 Å². The van der Waals surface area contributed by atoms with Crippen LogP contribution in [0.25, 0.3) is 0 Å². The number of hydrogen-bond acceptors (Lipinski definition) is 3. The summed E-state index contributed by atoms with van der Waals surface area (Å²) in [6, 6.07) is 9.28. The number of carbonyl (C=O) groups is 2. The Labute approximate surface area is 134 Å². The molecule has 3 rings (SSSR count). The van der Waals surface area contributed by atoms with E-state index in [1.165, 1.54) is 6.20 Å². The second kappa shape index (κ2) is 7.04. The summed E-state index contributed by atoms with van der Waals surface area (Å²) in [7, 11) is 0. The van der Waals surface area contributed by atoms with Crippen molar-refractivity contribution in [3.05, 3.63) is 59.4 Å². The average Bonchev–Trinajstić information content (AvgIpc) is 2.53. The molecular weight excluding hydrogens is 302 g/mol. The van der Waals surface area contributed by atoms with Crippen molar-refractivity contribution in [3.63, 3.8) is 0 Å². The van der Waals surface area contributed by atoms with Crippen LogP contribution in [0.4, 0.5) is 5.69 Å². The number of pyridine rings is 1. The van der Waals surface area contributed by atoms with Gasteiger partial charge in [0.1, 0.15) is 0 Å². The highest BCUT2D eigenvalue weighted by Gasteiger charge is 2.14. The number of amides is 2. The molecule has 0 bridgehead atoms. The van der Waals surface area contributed by atoms with Gasteiger partial charge in [-0.05, 0) is 35.7 Å². The number of halogens is 1. The van der Waals surface area contributed by atoms with Crippen LogP contribution in [0.5, 0.6) is 0 Å². The summed E-state index contributed by atoms with van der Waals surface area (Å²) >= 11 is 0. The number of fused-ring (bicyclic) bond motifs is 1. The van der Waals surface area contributed by atoms with E-state index in [1.54, 1.807) is 18.3 Å². The largest absolute Gasteiger partial charge is 0.348 e. The van der Waals surface area contributed by atoms with Gasteiger partial charge in [-0.2, -0.15) is 0 Å². The molecule has 0 spiro atoms. The highest BCUT2D eigenvalue weighted by Crippen LogP contribution is 2.23. The van der Waals surface area contributed by atoms with Gasteiger partial charge < -0.3 is 10.6 Å². The number of benzene rings is 1. The van der Waals surface area contributed by atoms with E-state index >= 15 is 0 Å². The Kier molecular flexibility index (Phi) is 5.12. The highest BCUT2D eigenvalue weighted by molar-refractivity contribution is 5.94. The molecular formula is C16H16ClN3O2. The van der Waals surface area contributed by atoms with E-state index in [4.69, 9.17) is 0 Å². The molecule has 1 aromatic heterocycles. The molecule has 2 amide bonds. The van der Waals surface area contributed by atoms with Gasteiger partial charge in [-0.1, -0.05) is 12.1 Å². The molecule has 1 aliphatic rings. The van der Waals surface area contributed by atoms with Crippen molar-refractivity contribution in [2.24, 2.45) is 0 Å². The van der Waals surface area contributed by atoms with Crippen molar-refractivity contribution in [3.8, 4) is 0 Å². The predicted octanol–water partition coefficient (Wildman–Crippen LogP) is 2.32. The zero-order chi connectivity index (χ0) is 14.7. The summed E-state index contributed by atoms with van der Waals surface area (Å²) in [4.78, 5) is 27.2. The Morgan fingerprint density at radius 2 is 2.14 bits per heavy atom. The number of nitrogens with zero attached hydrogens (tertiary/aromatic N) is 1. The van der Waals surface area contributed by atoms with Crippen molar-refractivity contribution >= 4 is 29.9 Å². The van der Waals surface area contributed by atoms with E-state index in [2.05, 4.69) is 15.6 Å². The first-order valence-electron chi connectivity index (χ1n) is 6.82. The third kappa shape index (κ3) is 3.62. The summed E-state index contributed by atoms with van der Waals surface area (Å²) in [5.41, 5.74) is 3.54. The van der Waals surface area contributed by atoms with E-state index in [9.17, 15) is 9.59 Å². The van der Waals surface area contributed by atoms with Crippen LogP contribution in [0.15, 0.2) is 42.7 Å². The van der Waals surface area contributed by atoms with Gasteiger partial charge in [-0.3, -0.25) is 14.6 Å². The van der Waals surface area contributed by atoms with Crippen molar-refractivity contribution in [1.82, 2.24) is 10.3 Å². The Morgan fingerprint density at radius 1 is 1.27 bits per heavy atom. The van der Waals surface area contributed by atoms with Gasteiger partial charge in [0.05, 0.1) is 5.56 Å². The van der Waals surface area contributed by atoms with Crippen molar-refractivity contribution in [1.29, 1.82) is 0 Å². The Bertz CT molecular complexity index is 689. The molecule has 2 heterocycles. The van der Waals surface area contributed by atoms with Crippen LogP contribution in [0.2, 0.25) is 0 Å². The smallest absolute Gasteiger partial charge is 0.253 e. The number of aromatic nitrogens is 1. The molecule has 0 fully saturated rings. The van der Waals surface area contributed by atoms with E-state index in [1.807, 2.05) is 18.2 Å². The molecule has 0 saturated carbocycles. The number of nitrogens with one attached hydrogen (secondary N) is 2. The maximum Gasteiger partial charge on any atom is 0.253 e. The quantitative estimate of drug-likeness (QED) is 0.912. The van der Waals surface area contributed by atoms with Gasteiger partial charge in [0.2, 0.25) is 5.91 Å². The molecule has 2 N–H and O–H groups in total. The fraction of sp³-hybridized carbons (Fsp3) is 0.188. The molecule has 5 nitrogen and oxygen atoms in total. The fourth-order valence-electron chi connectivity index (χ4n) is 2.33. The first-order chi connectivity index (χ1) is 10.2. The van der Waals surface area contributed by atoms with Gasteiger partial charge in [-0.15, -0.1) is 12.4 Å². The monoisotopic (exact) mass is 317 g/mol. The molecule has 22 heavy (non-hydrogen) atoms. The molecule has 114 valence electrons. The summed E-state index contributed by atoms with van der Waals surface area (Å²) in [6.45, 7) is 0.453. The molecule has 0 saturated heterocycles. The molecule has 0 aliphatic carbocycles. The van der Waals surface area contributed by atoms with Crippen LogP contribution in [0.3, 0.4) is 0 Å². The zero-order valence-electron chi connectivity index (χ0n) is 11.8. The summed E-state index contributed by atoms with van der Waals surface area (Å²) in [6.07, 6.45) is 4.43. The molecule has 0 atom stereocenters. The maximum atomic E-state index is 11.9. The third-order valence-electron chi connectivity index (χ3n) is 3.44. The van der Waals surface area contributed by atoms with Gasteiger partial charge in [0.25, 0.3) is 5.91 Å². The standard InChI is InChI=1S/C16H15N3O2.ClH/c20-15-6-4-12-8-11(3-5-14(12)19-15)9-18-16(21)13-2-1-7-17-10-13;/h1-3,5,7-8,10H,4,6,9H2,(H,18,21)(H,19,20);1H. The number of hydrogen-bond donors (Lipinski definition) is 2. The second-order valence-electron chi connectivity index (χ2n) is 4.96. The Morgan fingerprint density at radius 3 is 2.91 bits per heavy atom. The lowest BCUT2D eigenvalue weighted by atomic mass is 10.0. The van der Waals surface area contributed by atoms with Gasteiger partial charge in [0, 0.05) is 31.0 Å². The van der Waals surface area contributed by atoms with E-state index in [-0.39, 0.29) is 24.2 Å². The number of rotatable bonds is 3. The summed E-state index contributed by atoms with van der Waals surface area (Å²) in [5.74, 6) is -0.0887. The normalized spacial score (nSPS) is 12.6. The van der Waals surface area contributed by atoms with Crippen molar-refractivity contribution in [2.45, 2.75) is 19.4 Å². The molecule has 2 aromatic rings. The number of anilines is 1. The predicted molar refractivity (Wildman–Crippen MR) is 86.0 cm³/mol. The lowest BCUT2D eigenvalue weighted by Gasteiger charge is -2.17. The SMILES string of the molecule is Cl.O=C1CCc2cc(CNC(=O)c3cccnc3)ccc2N1. The van der Waals surface area contributed by atoms with Gasteiger partial charge in [-0.25, -0.2) is 0 Å². The van der Waals surface area contributed by atoms with Crippen molar-refractivity contribution < 1.29 is 9.59 Å². The minimum absolute atomic E-state index is 0.